The minimum atomic E-state index is -0.459. The Labute approximate surface area is 173 Å². The van der Waals surface area contributed by atoms with Gasteiger partial charge in [0.1, 0.15) is 31.5 Å². The zero-order chi connectivity index (χ0) is 21.1. The summed E-state index contributed by atoms with van der Waals surface area (Å²) in [4.78, 5) is 39.7. The van der Waals surface area contributed by atoms with Gasteiger partial charge in [-0.05, 0) is 24.3 Å². The first-order chi connectivity index (χ1) is 14.5. The molecule has 30 heavy (non-hydrogen) atoms. The fourth-order valence-electron chi connectivity index (χ4n) is 3.97. The molecule has 8 heteroatoms. The lowest BCUT2D eigenvalue weighted by atomic mass is 10.0. The Bertz CT molecular complexity index is 922. The first kappa shape index (κ1) is 20.2. The van der Waals surface area contributed by atoms with Crippen molar-refractivity contribution in [3.05, 3.63) is 71.0 Å². The molecular weight excluding hydrogens is 389 g/mol. The van der Waals surface area contributed by atoms with Crippen molar-refractivity contribution in [1.82, 2.24) is 10.2 Å². The van der Waals surface area contributed by atoms with Gasteiger partial charge in [-0.25, -0.2) is 4.39 Å². The molecular formula is C22H23FN3O4+. The lowest BCUT2D eigenvalue weighted by Gasteiger charge is -2.32. The second kappa shape index (κ2) is 8.73. The van der Waals surface area contributed by atoms with E-state index < -0.39 is 17.7 Å². The topological polar surface area (TPSA) is 80.2 Å². The van der Waals surface area contributed by atoms with Gasteiger partial charge in [0.2, 0.25) is 5.91 Å². The number of nitrogens with zero attached hydrogens (tertiary/aromatic N) is 1. The molecule has 2 heterocycles. The van der Waals surface area contributed by atoms with E-state index in [1.54, 1.807) is 36.4 Å². The Morgan fingerprint density at radius 3 is 2.23 bits per heavy atom. The van der Waals surface area contributed by atoms with Crippen molar-refractivity contribution >= 4 is 17.7 Å². The molecule has 2 N–H and O–H groups in total. The second-order valence-corrected chi connectivity index (χ2v) is 7.42. The summed E-state index contributed by atoms with van der Waals surface area (Å²) in [6.07, 6.45) is 0. The van der Waals surface area contributed by atoms with E-state index >= 15 is 0 Å². The van der Waals surface area contributed by atoms with E-state index in [1.165, 1.54) is 17.0 Å². The zero-order valence-electron chi connectivity index (χ0n) is 16.4. The van der Waals surface area contributed by atoms with Crippen LogP contribution in [0.5, 0.6) is 0 Å². The summed E-state index contributed by atoms with van der Waals surface area (Å²) in [6.45, 7) is 2.77. The fraction of sp³-hybridized carbons (Fsp3) is 0.318. The molecule has 0 unspecified atom stereocenters. The number of hydrogen-bond donors (Lipinski definition) is 2. The largest absolute Gasteiger partial charge is 0.370 e. The van der Waals surface area contributed by atoms with Crippen molar-refractivity contribution < 1.29 is 28.4 Å². The maximum atomic E-state index is 13.4. The zero-order valence-corrected chi connectivity index (χ0v) is 16.4. The molecule has 0 aliphatic carbocycles. The van der Waals surface area contributed by atoms with Crippen LogP contribution in [0.1, 0.15) is 32.3 Å². The molecule has 0 spiro atoms. The summed E-state index contributed by atoms with van der Waals surface area (Å²) in [5.41, 5.74) is 1.55. The number of nitrogens with one attached hydrogen (secondary N) is 2. The number of imide groups is 1. The maximum Gasteiger partial charge on any atom is 0.262 e. The molecule has 2 aromatic rings. The minimum absolute atomic E-state index is 0.0828. The van der Waals surface area contributed by atoms with E-state index in [9.17, 15) is 18.8 Å². The Balaban J connectivity index is 1.42. The molecule has 0 saturated carbocycles. The number of amides is 3. The van der Waals surface area contributed by atoms with Crippen LogP contribution in [0.4, 0.5) is 4.39 Å². The van der Waals surface area contributed by atoms with Crippen LogP contribution >= 0.6 is 0 Å². The van der Waals surface area contributed by atoms with E-state index in [4.69, 9.17) is 4.74 Å². The number of quaternary nitrogens is 1. The van der Waals surface area contributed by atoms with Gasteiger partial charge in [-0.3, -0.25) is 19.3 Å². The number of rotatable bonds is 6. The van der Waals surface area contributed by atoms with Gasteiger partial charge in [0.25, 0.3) is 11.8 Å². The third-order valence-electron chi connectivity index (χ3n) is 5.58. The normalized spacial score (nSPS) is 17.7. The smallest absolute Gasteiger partial charge is 0.262 e. The monoisotopic (exact) mass is 412 g/mol. The average molecular weight is 412 g/mol. The van der Waals surface area contributed by atoms with Crippen molar-refractivity contribution in [2.24, 2.45) is 0 Å². The average Bonchev–Trinajstić information content (AvgIpc) is 3.01. The van der Waals surface area contributed by atoms with Crippen molar-refractivity contribution in [2.75, 3.05) is 39.4 Å². The molecule has 2 aliphatic rings. The van der Waals surface area contributed by atoms with Gasteiger partial charge < -0.3 is 15.0 Å². The maximum absolute atomic E-state index is 13.4. The van der Waals surface area contributed by atoms with Gasteiger partial charge >= 0.3 is 0 Å². The molecule has 0 bridgehead atoms. The first-order valence-corrected chi connectivity index (χ1v) is 9.94. The van der Waals surface area contributed by atoms with Crippen molar-refractivity contribution in [3.63, 3.8) is 0 Å². The third kappa shape index (κ3) is 4.10. The van der Waals surface area contributed by atoms with Crippen LogP contribution in [-0.2, 0) is 9.53 Å². The van der Waals surface area contributed by atoms with E-state index in [0.29, 0.717) is 30.9 Å². The molecule has 1 atom stereocenters. The van der Waals surface area contributed by atoms with Gasteiger partial charge in [0.05, 0.1) is 30.9 Å². The van der Waals surface area contributed by atoms with E-state index in [2.05, 4.69) is 5.32 Å². The Hall–Kier alpha value is -3.10. The highest BCUT2D eigenvalue weighted by molar-refractivity contribution is 6.22. The van der Waals surface area contributed by atoms with E-state index in [0.717, 1.165) is 23.6 Å². The Kier molecular flexibility index (Phi) is 5.87. The number of fused-ring (bicyclic) bond motifs is 1. The SMILES string of the molecule is O=C(CN1C(=O)c2ccccc2C1=O)NC[C@H](c1ccc(F)cc1)[NH+]1CCOCC1. The van der Waals surface area contributed by atoms with Gasteiger partial charge in [-0.1, -0.05) is 24.3 Å². The highest BCUT2D eigenvalue weighted by atomic mass is 19.1. The van der Waals surface area contributed by atoms with Crippen LogP contribution in [0.3, 0.4) is 0 Å². The number of carbonyl (C=O) groups is 3. The number of halogens is 1. The number of ether oxygens (including phenoxy) is 1. The predicted octanol–water partition coefficient (Wildman–Crippen LogP) is 0.194. The molecule has 7 nitrogen and oxygen atoms in total. The molecule has 2 aliphatic heterocycles. The number of carbonyl (C=O) groups excluding carboxylic acids is 3. The number of benzene rings is 2. The van der Waals surface area contributed by atoms with E-state index in [1.807, 2.05) is 0 Å². The Morgan fingerprint density at radius 1 is 1.03 bits per heavy atom. The summed E-state index contributed by atoms with van der Waals surface area (Å²) in [7, 11) is 0. The second-order valence-electron chi connectivity index (χ2n) is 7.42. The van der Waals surface area contributed by atoms with Crippen molar-refractivity contribution in [1.29, 1.82) is 0 Å². The van der Waals surface area contributed by atoms with Crippen molar-refractivity contribution in [2.45, 2.75) is 6.04 Å². The van der Waals surface area contributed by atoms with Crippen LogP contribution in [0.25, 0.3) is 0 Å². The van der Waals surface area contributed by atoms with Crippen LogP contribution in [0, 0.1) is 5.82 Å². The molecule has 0 aromatic heterocycles. The first-order valence-electron chi connectivity index (χ1n) is 9.94. The van der Waals surface area contributed by atoms with Crippen LogP contribution in [0.15, 0.2) is 48.5 Å². The molecule has 156 valence electrons. The summed E-state index contributed by atoms with van der Waals surface area (Å²) < 4.78 is 18.8. The van der Waals surface area contributed by atoms with Gasteiger partial charge in [0, 0.05) is 5.56 Å². The van der Waals surface area contributed by atoms with Gasteiger partial charge in [-0.2, -0.15) is 0 Å². The number of morpholine rings is 1. The Morgan fingerprint density at radius 2 is 1.63 bits per heavy atom. The fourth-order valence-corrected chi connectivity index (χ4v) is 3.97. The summed E-state index contributed by atoms with van der Waals surface area (Å²) in [6, 6.07) is 12.7. The van der Waals surface area contributed by atoms with Gasteiger partial charge in [0.15, 0.2) is 0 Å². The van der Waals surface area contributed by atoms with Crippen LogP contribution in [0.2, 0.25) is 0 Å². The van der Waals surface area contributed by atoms with Crippen LogP contribution < -0.4 is 10.2 Å². The quantitative estimate of drug-likeness (QED) is 0.664. The standard InChI is InChI=1S/C22H22FN3O4/c23-16-7-5-15(6-8-16)19(25-9-11-30-12-10-25)13-24-20(27)14-26-21(28)17-3-1-2-4-18(17)22(26)29/h1-8,19H,9-14H2,(H,24,27)/p+1/t19-/m1/s1. The summed E-state index contributed by atoms with van der Waals surface area (Å²) >= 11 is 0. The van der Waals surface area contributed by atoms with Gasteiger partial charge in [-0.15, -0.1) is 0 Å². The van der Waals surface area contributed by atoms with E-state index in [-0.39, 0.29) is 18.4 Å². The molecule has 4 rings (SSSR count). The summed E-state index contributed by atoms with van der Waals surface area (Å²) in [5, 5.41) is 2.85. The lowest BCUT2D eigenvalue weighted by molar-refractivity contribution is -0.937. The molecule has 1 saturated heterocycles. The number of hydrogen-bond acceptors (Lipinski definition) is 4. The highest BCUT2D eigenvalue weighted by Crippen LogP contribution is 2.22. The molecule has 0 radical (unpaired) electrons. The summed E-state index contributed by atoms with van der Waals surface area (Å²) in [5.74, 6) is -1.65. The lowest BCUT2D eigenvalue weighted by Crippen LogP contribution is -3.15. The molecule has 1 fully saturated rings. The highest BCUT2D eigenvalue weighted by Gasteiger charge is 2.36. The van der Waals surface area contributed by atoms with Crippen molar-refractivity contribution in [3.8, 4) is 0 Å². The minimum Gasteiger partial charge on any atom is -0.370 e. The molecule has 2 aromatic carbocycles. The molecule has 3 amide bonds. The third-order valence-corrected chi connectivity index (χ3v) is 5.58. The van der Waals surface area contributed by atoms with Crippen LogP contribution in [-0.4, -0.2) is 62.0 Å². The predicted molar refractivity (Wildman–Crippen MR) is 105 cm³/mol.